The van der Waals surface area contributed by atoms with Crippen molar-refractivity contribution in [3.63, 3.8) is 0 Å². The quantitative estimate of drug-likeness (QED) is 0.768. The maximum absolute atomic E-state index is 12.7. The fourth-order valence-electron chi connectivity index (χ4n) is 3.28. The second-order valence-electron chi connectivity index (χ2n) is 6.53. The van der Waals surface area contributed by atoms with E-state index in [0.717, 1.165) is 5.56 Å². The third-order valence-electron chi connectivity index (χ3n) is 4.78. The topological polar surface area (TPSA) is 106 Å². The first-order chi connectivity index (χ1) is 13.2. The largest absolute Gasteiger partial charge is 0.349 e. The van der Waals surface area contributed by atoms with Crippen LogP contribution in [0.4, 0.5) is 5.95 Å². The first kappa shape index (κ1) is 18.5. The number of hydrogen-bond donors (Lipinski definition) is 2. The Bertz CT molecular complexity index is 824. The number of anilines is 1. The summed E-state index contributed by atoms with van der Waals surface area (Å²) in [5.41, 5.74) is 1.35. The molecule has 1 saturated heterocycles. The SMILES string of the molecule is N#Cc1ccnc(N2CCC(C(=O)NC(CC=N)c3ccccc3)CC2)n1. The van der Waals surface area contributed by atoms with E-state index in [9.17, 15) is 4.79 Å². The van der Waals surface area contributed by atoms with E-state index >= 15 is 0 Å². The average Bonchev–Trinajstić information content (AvgIpc) is 2.74. The zero-order valence-corrected chi connectivity index (χ0v) is 15.0. The zero-order chi connectivity index (χ0) is 19.1. The number of nitrogens with one attached hydrogen (secondary N) is 2. The van der Waals surface area contributed by atoms with E-state index in [2.05, 4.69) is 15.3 Å². The molecule has 1 unspecified atom stereocenters. The summed E-state index contributed by atoms with van der Waals surface area (Å²) in [7, 11) is 0. The summed E-state index contributed by atoms with van der Waals surface area (Å²) in [5.74, 6) is 0.494. The Balaban J connectivity index is 1.59. The van der Waals surface area contributed by atoms with Crippen LogP contribution in [-0.4, -0.2) is 35.2 Å². The maximum Gasteiger partial charge on any atom is 0.226 e. The van der Waals surface area contributed by atoms with Crippen molar-refractivity contribution in [1.29, 1.82) is 10.7 Å². The van der Waals surface area contributed by atoms with Crippen LogP contribution in [0, 0.1) is 22.7 Å². The van der Waals surface area contributed by atoms with Crippen molar-refractivity contribution in [3.8, 4) is 6.07 Å². The van der Waals surface area contributed by atoms with E-state index in [4.69, 9.17) is 10.7 Å². The lowest BCUT2D eigenvalue weighted by atomic mass is 9.94. The number of nitrogens with zero attached hydrogens (tertiary/aromatic N) is 4. The first-order valence-electron chi connectivity index (χ1n) is 9.03. The third-order valence-corrected chi connectivity index (χ3v) is 4.78. The highest BCUT2D eigenvalue weighted by atomic mass is 16.1. The van der Waals surface area contributed by atoms with Gasteiger partial charge in [-0.1, -0.05) is 30.3 Å². The van der Waals surface area contributed by atoms with Crippen LogP contribution in [-0.2, 0) is 4.79 Å². The Kier molecular flexibility index (Phi) is 6.10. The van der Waals surface area contributed by atoms with Crippen molar-refractivity contribution in [3.05, 3.63) is 53.9 Å². The van der Waals surface area contributed by atoms with E-state index in [1.807, 2.05) is 41.3 Å². The Hall–Kier alpha value is -3.27. The molecule has 0 radical (unpaired) electrons. The standard InChI is InChI=1S/C20H22N6O/c21-10-6-18(15-4-2-1-3-5-15)25-19(27)16-8-12-26(13-9-16)20-23-11-7-17(14-22)24-20/h1-5,7,10-11,16,18,21H,6,8-9,12-13H2,(H,25,27). The highest BCUT2D eigenvalue weighted by molar-refractivity contribution is 5.79. The van der Waals surface area contributed by atoms with Gasteiger partial charge in [0.2, 0.25) is 11.9 Å². The number of amides is 1. The molecule has 2 N–H and O–H groups in total. The molecule has 0 saturated carbocycles. The van der Waals surface area contributed by atoms with E-state index in [0.29, 0.717) is 44.0 Å². The van der Waals surface area contributed by atoms with Gasteiger partial charge in [-0.25, -0.2) is 9.97 Å². The van der Waals surface area contributed by atoms with E-state index in [-0.39, 0.29) is 17.9 Å². The van der Waals surface area contributed by atoms with Crippen molar-refractivity contribution < 1.29 is 4.79 Å². The number of nitriles is 1. The van der Waals surface area contributed by atoms with Crippen molar-refractivity contribution in [2.45, 2.75) is 25.3 Å². The lowest BCUT2D eigenvalue weighted by Crippen LogP contribution is -2.42. The highest BCUT2D eigenvalue weighted by Gasteiger charge is 2.27. The molecule has 1 fully saturated rings. The van der Waals surface area contributed by atoms with Gasteiger partial charge in [-0.05, 0) is 30.7 Å². The van der Waals surface area contributed by atoms with Gasteiger partial charge in [0.1, 0.15) is 11.8 Å². The molecule has 2 aromatic rings. The van der Waals surface area contributed by atoms with Gasteiger partial charge in [-0.3, -0.25) is 4.79 Å². The van der Waals surface area contributed by atoms with Gasteiger partial charge in [-0.15, -0.1) is 0 Å². The predicted molar refractivity (Wildman–Crippen MR) is 102 cm³/mol. The van der Waals surface area contributed by atoms with Gasteiger partial charge in [0.25, 0.3) is 0 Å². The van der Waals surface area contributed by atoms with Crippen molar-refractivity contribution in [1.82, 2.24) is 15.3 Å². The van der Waals surface area contributed by atoms with Crippen LogP contribution in [0.25, 0.3) is 0 Å². The fraction of sp³-hybridized carbons (Fsp3) is 0.350. The molecule has 1 aromatic carbocycles. The van der Waals surface area contributed by atoms with Crippen molar-refractivity contribution >= 4 is 18.1 Å². The Morgan fingerprint density at radius 3 is 2.74 bits per heavy atom. The van der Waals surface area contributed by atoms with Gasteiger partial charge in [0, 0.05) is 31.6 Å². The second-order valence-corrected chi connectivity index (χ2v) is 6.53. The number of aromatic nitrogens is 2. The van der Waals surface area contributed by atoms with E-state index < -0.39 is 0 Å². The molecule has 3 rings (SSSR count). The van der Waals surface area contributed by atoms with Crippen LogP contribution in [0.5, 0.6) is 0 Å². The molecule has 0 aliphatic carbocycles. The highest BCUT2D eigenvalue weighted by Crippen LogP contribution is 2.23. The molecule has 0 spiro atoms. The van der Waals surface area contributed by atoms with Crippen molar-refractivity contribution in [2.75, 3.05) is 18.0 Å². The predicted octanol–water partition coefficient (Wildman–Crippen LogP) is 2.46. The fourth-order valence-corrected chi connectivity index (χ4v) is 3.28. The van der Waals surface area contributed by atoms with Crippen LogP contribution in [0.1, 0.15) is 36.6 Å². The number of carbonyl (C=O) groups is 1. The Morgan fingerprint density at radius 2 is 2.07 bits per heavy atom. The lowest BCUT2D eigenvalue weighted by Gasteiger charge is -2.32. The summed E-state index contributed by atoms with van der Waals surface area (Å²) in [6, 6.07) is 13.2. The molecule has 1 atom stereocenters. The maximum atomic E-state index is 12.7. The summed E-state index contributed by atoms with van der Waals surface area (Å²) in [4.78, 5) is 23.2. The van der Waals surface area contributed by atoms with Crippen LogP contribution in [0.2, 0.25) is 0 Å². The summed E-state index contributed by atoms with van der Waals surface area (Å²) < 4.78 is 0. The van der Waals surface area contributed by atoms with Gasteiger partial charge in [0.05, 0.1) is 6.04 Å². The van der Waals surface area contributed by atoms with Crippen LogP contribution >= 0.6 is 0 Å². The molecule has 7 nitrogen and oxygen atoms in total. The van der Waals surface area contributed by atoms with Gasteiger partial charge in [-0.2, -0.15) is 5.26 Å². The molecule has 138 valence electrons. The van der Waals surface area contributed by atoms with Gasteiger partial charge in [0.15, 0.2) is 0 Å². The third kappa shape index (κ3) is 4.67. The lowest BCUT2D eigenvalue weighted by molar-refractivity contribution is -0.126. The van der Waals surface area contributed by atoms with Crippen molar-refractivity contribution in [2.24, 2.45) is 5.92 Å². The summed E-state index contributed by atoms with van der Waals surface area (Å²) in [6.07, 6.45) is 4.81. The average molecular weight is 362 g/mol. The molecule has 27 heavy (non-hydrogen) atoms. The molecule has 0 bridgehead atoms. The van der Waals surface area contributed by atoms with E-state index in [1.165, 1.54) is 6.21 Å². The molecule has 1 aliphatic heterocycles. The van der Waals surface area contributed by atoms with Gasteiger partial charge >= 0.3 is 0 Å². The normalized spacial score (nSPS) is 15.6. The second kappa shape index (κ2) is 8.90. The van der Waals surface area contributed by atoms with Gasteiger partial charge < -0.3 is 15.6 Å². The van der Waals surface area contributed by atoms with Crippen LogP contribution in [0.3, 0.4) is 0 Å². The zero-order valence-electron chi connectivity index (χ0n) is 15.0. The summed E-state index contributed by atoms with van der Waals surface area (Å²) >= 11 is 0. The molecule has 2 heterocycles. The Morgan fingerprint density at radius 1 is 1.33 bits per heavy atom. The number of hydrogen-bond acceptors (Lipinski definition) is 6. The minimum absolute atomic E-state index is 0.0250. The first-order valence-corrected chi connectivity index (χ1v) is 9.03. The minimum atomic E-state index is -0.176. The monoisotopic (exact) mass is 362 g/mol. The number of benzene rings is 1. The molecular formula is C20H22N6O. The van der Waals surface area contributed by atoms with E-state index in [1.54, 1.807) is 12.3 Å². The smallest absolute Gasteiger partial charge is 0.226 e. The molecule has 1 aliphatic rings. The minimum Gasteiger partial charge on any atom is -0.349 e. The number of rotatable bonds is 6. The van der Waals surface area contributed by atoms with Crippen LogP contribution < -0.4 is 10.2 Å². The molecule has 1 aromatic heterocycles. The molecule has 7 heteroatoms. The number of carbonyl (C=O) groups excluding carboxylic acids is 1. The Labute approximate surface area is 158 Å². The summed E-state index contributed by atoms with van der Waals surface area (Å²) in [6.45, 7) is 1.35. The molecule has 1 amide bonds. The molecular weight excluding hydrogens is 340 g/mol. The number of piperidine rings is 1. The summed E-state index contributed by atoms with van der Waals surface area (Å²) in [5, 5.41) is 19.5. The van der Waals surface area contributed by atoms with Crippen LogP contribution in [0.15, 0.2) is 42.6 Å².